The summed E-state index contributed by atoms with van der Waals surface area (Å²) < 4.78 is 4.79. The molecule has 6 heteroatoms. The van der Waals surface area contributed by atoms with E-state index in [1.54, 1.807) is 11.8 Å². The van der Waals surface area contributed by atoms with Gasteiger partial charge in [0, 0.05) is 11.4 Å². The molecule has 0 spiro atoms. The van der Waals surface area contributed by atoms with Crippen LogP contribution in [0.15, 0.2) is 29.2 Å². The van der Waals surface area contributed by atoms with Gasteiger partial charge in [-0.2, -0.15) is 5.10 Å². The summed E-state index contributed by atoms with van der Waals surface area (Å²) in [5, 5.41) is 4.56. The van der Waals surface area contributed by atoms with Crippen molar-refractivity contribution >= 4 is 35.1 Å². The number of rotatable bonds is 3. The zero-order valence-corrected chi connectivity index (χ0v) is 13.3. The molecule has 0 atom stereocenters. The van der Waals surface area contributed by atoms with Crippen molar-refractivity contribution in [2.45, 2.75) is 25.3 Å². The van der Waals surface area contributed by atoms with E-state index in [0.717, 1.165) is 29.1 Å². The highest BCUT2D eigenvalue weighted by molar-refractivity contribution is 7.98. The van der Waals surface area contributed by atoms with Gasteiger partial charge in [-0.15, -0.1) is 11.8 Å². The molecule has 1 N–H and O–H groups in total. The van der Waals surface area contributed by atoms with Crippen LogP contribution in [-0.4, -0.2) is 25.6 Å². The van der Waals surface area contributed by atoms with Crippen molar-refractivity contribution in [1.82, 2.24) is 19.3 Å². The Balaban J connectivity index is 2.41. The number of para-hydroxylation sites is 1. The first-order chi connectivity index (χ1) is 9.67. The van der Waals surface area contributed by atoms with Gasteiger partial charge in [-0.1, -0.05) is 12.1 Å². The van der Waals surface area contributed by atoms with Gasteiger partial charge in [-0.05, 0) is 44.5 Å². The number of imidazole rings is 1. The Hall–Kier alpha value is -1.53. The molecule has 3 rings (SSSR count). The predicted octanol–water partition coefficient (Wildman–Crippen LogP) is 3.93. The lowest BCUT2D eigenvalue weighted by atomic mass is 10.3. The summed E-state index contributed by atoms with van der Waals surface area (Å²) in [5.74, 6) is 0. The minimum Gasteiger partial charge on any atom is -0.327 e. The fourth-order valence-corrected chi connectivity index (χ4v) is 3.33. The molecule has 0 aliphatic carbocycles. The molecule has 3 aromatic rings. The van der Waals surface area contributed by atoms with E-state index in [0.29, 0.717) is 4.77 Å². The minimum atomic E-state index is 0.712. The molecule has 2 heterocycles. The molecule has 0 saturated carbocycles. The van der Waals surface area contributed by atoms with E-state index >= 15 is 0 Å². The Kier molecular flexibility index (Phi) is 3.43. The van der Waals surface area contributed by atoms with Gasteiger partial charge in [0.15, 0.2) is 10.4 Å². The highest BCUT2D eigenvalue weighted by atomic mass is 32.2. The maximum atomic E-state index is 5.52. The summed E-state index contributed by atoms with van der Waals surface area (Å²) in [5.41, 5.74) is 4.14. The standard InChI is InChI=1S/C14H16N4S2/c1-4-17-13-12(9(2)16-17)15-14(19)18(13)10-7-5-6-8-11(10)20-3/h5-8H,4H2,1-3H3,(H,15,19). The fourth-order valence-electron chi connectivity index (χ4n) is 2.46. The van der Waals surface area contributed by atoms with Crippen LogP contribution in [0.2, 0.25) is 0 Å². The van der Waals surface area contributed by atoms with Crippen molar-refractivity contribution in [2.75, 3.05) is 6.26 Å². The third-order valence-electron chi connectivity index (χ3n) is 3.37. The Labute approximate surface area is 126 Å². The van der Waals surface area contributed by atoms with E-state index in [-0.39, 0.29) is 0 Å². The fraction of sp³-hybridized carbons (Fsp3) is 0.286. The third-order valence-corrected chi connectivity index (χ3v) is 4.44. The van der Waals surface area contributed by atoms with Gasteiger partial charge in [-0.25, -0.2) is 4.68 Å². The van der Waals surface area contributed by atoms with Crippen LogP contribution in [0.5, 0.6) is 0 Å². The molecule has 0 unspecified atom stereocenters. The van der Waals surface area contributed by atoms with Crippen LogP contribution < -0.4 is 0 Å². The number of aromatic amines is 1. The van der Waals surface area contributed by atoms with Gasteiger partial charge in [0.1, 0.15) is 5.52 Å². The number of thioether (sulfide) groups is 1. The van der Waals surface area contributed by atoms with E-state index in [1.165, 1.54) is 4.90 Å². The number of fused-ring (bicyclic) bond motifs is 1. The molecule has 20 heavy (non-hydrogen) atoms. The first kappa shape index (κ1) is 13.5. The lowest BCUT2D eigenvalue weighted by Gasteiger charge is -2.10. The molecule has 0 saturated heterocycles. The molecule has 0 radical (unpaired) electrons. The van der Waals surface area contributed by atoms with Crippen molar-refractivity contribution in [2.24, 2.45) is 0 Å². The number of benzene rings is 1. The smallest absolute Gasteiger partial charge is 0.184 e. The highest BCUT2D eigenvalue weighted by Crippen LogP contribution is 2.28. The van der Waals surface area contributed by atoms with E-state index < -0.39 is 0 Å². The van der Waals surface area contributed by atoms with Gasteiger partial charge in [0.05, 0.1) is 11.4 Å². The molecule has 104 valence electrons. The van der Waals surface area contributed by atoms with Crippen LogP contribution >= 0.6 is 24.0 Å². The number of aromatic nitrogens is 4. The number of hydrogen-bond donors (Lipinski definition) is 1. The second-order valence-corrected chi connectivity index (χ2v) is 5.77. The van der Waals surface area contributed by atoms with Crippen LogP contribution in [0.25, 0.3) is 16.9 Å². The molecule has 2 aromatic heterocycles. The zero-order valence-electron chi connectivity index (χ0n) is 11.7. The molecule has 1 aromatic carbocycles. The van der Waals surface area contributed by atoms with Crippen LogP contribution in [0.1, 0.15) is 12.6 Å². The summed E-state index contributed by atoms with van der Waals surface area (Å²) in [7, 11) is 0. The van der Waals surface area contributed by atoms with Gasteiger partial charge < -0.3 is 4.98 Å². The predicted molar refractivity (Wildman–Crippen MR) is 86.4 cm³/mol. The van der Waals surface area contributed by atoms with Gasteiger partial charge >= 0.3 is 0 Å². The Morgan fingerprint density at radius 3 is 2.80 bits per heavy atom. The molecule has 0 aliphatic rings. The maximum Gasteiger partial charge on any atom is 0.184 e. The average Bonchev–Trinajstić information content (AvgIpc) is 2.95. The third kappa shape index (κ3) is 1.91. The SMILES string of the molecule is CCn1nc(C)c2[nH]c(=S)n(-c3ccccc3SC)c21. The maximum absolute atomic E-state index is 5.52. The van der Waals surface area contributed by atoms with Crippen LogP contribution in [0, 0.1) is 11.7 Å². The largest absolute Gasteiger partial charge is 0.327 e. The van der Waals surface area contributed by atoms with Crippen LogP contribution in [0.4, 0.5) is 0 Å². The van der Waals surface area contributed by atoms with Gasteiger partial charge in [0.2, 0.25) is 0 Å². The Morgan fingerprint density at radius 2 is 2.10 bits per heavy atom. The van der Waals surface area contributed by atoms with Gasteiger partial charge in [0.25, 0.3) is 0 Å². The first-order valence-corrected chi connectivity index (χ1v) is 8.12. The normalized spacial score (nSPS) is 11.3. The quantitative estimate of drug-likeness (QED) is 0.588. The van der Waals surface area contributed by atoms with Crippen molar-refractivity contribution in [3.8, 4) is 5.69 Å². The number of nitrogens with one attached hydrogen (secondary N) is 1. The number of hydrogen-bond acceptors (Lipinski definition) is 3. The summed E-state index contributed by atoms with van der Waals surface area (Å²) >= 11 is 7.24. The summed E-state index contributed by atoms with van der Waals surface area (Å²) in [6, 6.07) is 8.29. The number of nitrogens with zero attached hydrogens (tertiary/aromatic N) is 3. The second-order valence-electron chi connectivity index (χ2n) is 4.54. The highest BCUT2D eigenvalue weighted by Gasteiger charge is 2.16. The summed E-state index contributed by atoms with van der Waals surface area (Å²) in [4.78, 5) is 4.49. The van der Waals surface area contributed by atoms with Crippen molar-refractivity contribution in [3.05, 3.63) is 34.7 Å². The minimum absolute atomic E-state index is 0.712. The number of aryl methyl sites for hydroxylation is 2. The average molecular weight is 304 g/mol. The lowest BCUT2D eigenvalue weighted by Crippen LogP contribution is -2.04. The molecule has 0 amide bonds. The van der Waals surface area contributed by atoms with Crippen molar-refractivity contribution < 1.29 is 0 Å². The van der Waals surface area contributed by atoms with Crippen molar-refractivity contribution in [3.63, 3.8) is 0 Å². The Bertz CT molecular complexity index is 825. The van der Waals surface area contributed by atoms with Crippen LogP contribution in [-0.2, 0) is 6.54 Å². The van der Waals surface area contributed by atoms with E-state index in [1.807, 2.05) is 23.7 Å². The van der Waals surface area contributed by atoms with E-state index in [9.17, 15) is 0 Å². The second kappa shape index (κ2) is 5.10. The molecular formula is C14H16N4S2. The topological polar surface area (TPSA) is 38.5 Å². The number of H-pyrrole nitrogens is 1. The Morgan fingerprint density at radius 1 is 1.35 bits per heavy atom. The van der Waals surface area contributed by atoms with E-state index in [4.69, 9.17) is 12.2 Å². The van der Waals surface area contributed by atoms with Crippen LogP contribution in [0.3, 0.4) is 0 Å². The molecule has 4 nitrogen and oxygen atoms in total. The van der Waals surface area contributed by atoms with Gasteiger partial charge in [-0.3, -0.25) is 4.57 Å². The molecule has 0 aliphatic heterocycles. The van der Waals surface area contributed by atoms with Crippen molar-refractivity contribution in [1.29, 1.82) is 0 Å². The molecule has 0 bridgehead atoms. The summed E-state index contributed by atoms with van der Waals surface area (Å²) in [6.07, 6.45) is 2.08. The van der Waals surface area contributed by atoms with E-state index in [2.05, 4.69) is 40.0 Å². The molecular weight excluding hydrogens is 288 g/mol. The molecule has 0 fully saturated rings. The monoisotopic (exact) mass is 304 g/mol. The zero-order chi connectivity index (χ0) is 14.3. The summed E-state index contributed by atoms with van der Waals surface area (Å²) in [6.45, 7) is 4.91. The lowest BCUT2D eigenvalue weighted by molar-refractivity contribution is 0.661. The first-order valence-electron chi connectivity index (χ1n) is 6.49.